The maximum atomic E-state index is 11.3. The van der Waals surface area contributed by atoms with Gasteiger partial charge in [-0.1, -0.05) is 0 Å². The first kappa shape index (κ1) is 10.4. The first-order valence-electron chi connectivity index (χ1n) is 4.86. The van der Waals surface area contributed by atoms with Crippen LogP contribution < -0.4 is 10.5 Å². The fraction of sp³-hybridized carbons (Fsp3) is 0.167. The molecule has 0 atom stereocenters. The Morgan fingerprint density at radius 3 is 2.81 bits per heavy atom. The summed E-state index contributed by atoms with van der Waals surface area (Å²) < 4.78 is 5.11. The number of nitrogens with two attached hydrogens (primary N) is 1. The van der Waals surface area contributed by atoms with Crippen LogP contribution in [0.1, 0.15) is 17.3 Å². The van der Waals surface area contributed by atoms with Gasteiger partial charge in [0.2, 0.25) is 0 Å². The van der Waals surface area contributed by atoms with Gasteiger partial charge in [-0.25, -0.2) is 0 Å². The smallest absolute Gasteiger partial charge is 0.163 e. The van der Waals surface area contributed by atoms with Crippen LogP contribution in [-0.4, -0.2) is 17.9 Å². The van der Waals surface area contributed by atoms with Crippen LogP contribution in [0.2, 0.25) is 0 Å². The molecule has 2 aromatic rings. The van der Waals surface area contributed by atoms with Crippen molar-refractivity contribution in [2.75, 3.05) is 12.8 Å². The van der Waals surface area contributed by atoms with Crippen LogP contribution in [-0.2, 0) is 0 Å². The van der Waals surface area contributed by atoms with E-state index in [1.165, 1.54) is 13.1 Å². The van der Waals surface area contributed by atoms with Gasteiger partial charge in [0.25, 0.3) is 0 Å². The van der Waals surface area contributed by atoms with E-state index in [2.05, 4.69) is 4.98 Å². The second-order valence-electron chi connectivity index (χ2n) is 3.52. The molecule has 0 saturated heterocycles. The second kappa shape index (κ2) is 3.81. The number of nitrogen functional groups attached to an aromatic ring is 1. The van der Waals surface area contributed by atoms with E-state index in [1.54, 1.807) is 13.2 Å². The SMILES string of the molecule is COc1ccc2ncc(C(C)=O)c(N)c2c1. The highest BCUT2D eigenvalue weighted by Crippen LogP contribution is 2.26. The lowest BCUT2D eigenvalue weighted by Crippen LogP contribution is -2.01. The van der Waals surface area contributed by atoms with Gasteiger partial charge >= 0.3 is 0 Å². The van der Waals surface area contributed by atoms with Crippen molar-refractivity contribution in [2.24, 2.45) is 0 Å². The van der Waals surface area contributed by atoms with E-state index in [0.29, 0.717) is 17.0 Å². The van der Waals surface area contributed by atoms with E-state index < -0.39 is 0 Å². The number of ketones is 1. The largest absolute Gasteiger partial charge is 0.497 e. The average molecular weight is 216 g/mol. The lowest BCUT2D eigenvalue weighted by atomic mass is 10.1. The van der Waals surface area contributed by atoms with E-state index >= 15 is 0 Å². The molecule has 0 fully saturated rings. The number of benzene rings is 1. The van der Waals surface area contributed by atoms with Crippen molar-refractivity contribution in [3.63, 3.8) is 0 Å². The maximum absolute atomic E-state index is 11.3. The van der Waals surface area contributed by atoms with Crippen molar-refractivity contribution < 1.29 is 9.53 Å². The number of hydrogen-bond acceptors (Lipinski definition) is 4. The molecule has 0 bridgehead atoms. The van der Waals surface area contributed by atoms with Crippen LogP contribution in [0.3, 0.4) is 0 Å². The molecule has 0 unspecified atom stereocenters. The number of hydrogen-bond donors (Lipinski definition) is 1. The number of pyridine rings is 1. The van der Waals surface area contributed by atoms with Crippen molar-refractivity contribution in [3.05, 3.63) is 30.0 Å². The Balaban J connectivity index is 2.75. The first-order chi connectivity index (χ1) is 7.63. The first-order valence-corrected chi connectivity index (χ1v) is 4.86. The van der Waals surface area contributed by atoms with Gasteiger partial charge in [-0.3, -0.25) is 9.78 Å². The zero-order valence-corrected chi connectivity index (χ0v) is 9.15. The molecule has 1 aromatic carbocycles. The van der Waals surface area contributed by atoms with Crippen LogP contribution in [0, 0.1) is 0 Å². The number of ether oxygens (including phenoxy) is 1. The molecular weight excluding hydrogens is 204 g/mol. The van der Waals surface area contributed by atoms with Gasteiger partial charge < -0.3 is 10.5 Å². The van der Waals surface area contributed by atoms with Crippen molar-refractivity contribution in [1.29, 1.82) is 0 Å². The summed E-state index contributed by atoms with van der Waals surface area (Å²) in [4.78, 5) is 15.5. The van der Waals surface area contributed by atoms with Crippen LogP contribution in [0.15, 0.2) is 24.4 Å². The monoisotopic (exact) mass is 216 g/mol. The van der Waals surface area contributed by atoms with Crippen LogP contribution in [0.4, 0.5) is 5.69 Å². The quantitative estimate of drug-likeness (QED) is 0.780. The van der Waals surface area contributed by atoms with Gasteiger partial charge in [-0.15, -0.1) is 0 Å². The minimum absolute atomic E-state index is 0.0882. The average Bonchev–Trinajstić information content (AvgIpc) is 2.28. The van der Waals surface area contributed by atoms with E-state index in [1.807, 2.05) is 12.1 Å². The number of methoxy groups -OCH3 is 1. The minimum Gasteiger partial charge on any atom is -0.497 e. The zero-order valence-electron chi connectivity index (χ0n) is 9.15. The number of anilines is 1. The van der Waals surface area contributed by atoms with Gasteiger partial charge in [0.05, 0.1) is 23.9 Å². The third kappa shape index (κ3) is 1.58. The van der Waals surface area contributed by atoms with Crippen LogP contribution in [0.5, 0.6) is 5.75 Å². The Bertz CT molecular complexity index is 564. The van der Waals surface area contributed by atoms with E-state index in [9.17, 15) is 4.79 Å². The Kier molecular flexibility index (Phi) is 2.48. The number of fused-ring (bicyclic) bond motifs is 1. The summed E-state index contributed by atoms with van der Waals surface area (Å²) in [5, 5.41) is 0.743. The molecule has 0 aliphatic carbocycles. The van der Waals surface area contributed by atoms with Gasteiger partial charge in [-0.05, 0) is 25.1 Å². The fourth-order valence-corrected chi connectivity index (χ4v) is 1.60. The summed E-state index contributed by atoms with van der Waals surface area (Å²) in [6, 6.07) is 5.40. The lowest BCUT2D eigenvalue weighted by molar-refractivity contribution is 0.101. The van der Waals surface area contributed by atoms with Gasteiger partial charge in [0.15, 0.2) is 5.78 Å². The predicted octanol–water partition coefficient (Wildman–Crippen LogP) is 2.03. The molecule has 1 aromatic heterocycles. The standard InChI is InChI=1S/C12H12N2O2/c1-7(15)10-6-14-11-4-3-8(16-2)5-9(11)12(10)13/h3-6H,1-2H3,(H2,13,14). The molecule has 16 heavy (non-hydrogen) atoms. The Morgan fingerprint density at radius 2 is 2.19 bits per heavy atom. The molecule has 0 aliphatic heterocycles. The third-order valence-electron chi connectivity index (χ3n) is 2.50. The molecule has 4 heteroatoms. The van der Waals surface area contributed by atoms with Gasteiger partial charge in [0.1, 0.15) is 5.75 Å². The highest BCUT2D eigenvalue weighted by Gasteiger charge is 2.09. The zero-order chi connectivity index (χ0) is 11.7. The number of aromatic nitrogens is 1. The normalized spacial score (nSPS) is 10.4. The summed E-state index contributed by atoms with van der Waals surface area (Å²) in [6.45, 7) is 1.47. The van der Waals surface area contributed by atoms with Crippen molar-refractivity contribution in [1.82, 2.24) is 4.98 Å². The topological polar surface area (TPSA) is 65.2 Å². The van der Waals surface area contributed by atoms with Gasteiger partial charge in [0, 0.05) is 11.6 Å². The summed E-state index contributed by atoms with van der Waals surface area (Å²) in [5.74, 6) is 0.608. The Labute approximate surface area is 93.0 Å². The Hall–Kier alpha value is -2.10. The molecule has 0 amide bonds. The molecule has 82 valence electrons. The second-order valence-corrected chi connectivity index (χ2v) is 3.52. The molecule has 1 heterocycles. The fourth-order valence-electron chi connectivity index (χ4n) is 1.60. The Morgan fingerprint density at radius 1 is 1.44 bits per heavy atom. The number of nitrogens with zero attached hydrogens (tertiary/aromatic N) is 1. The molecule has 2 rings (SSSR count). The predicted molar refractivity (Wildman–Crippen MR) is 62.7 cm³/mol. The van der Waals surface area contributed by atoms with Crippen molar-refractivity contribution >= 4 is 22.4 Å². The minimum atomic E-state index is -0.0882. The lowest BCUT2D eigenvalue weighted by Gasteiger charge is -2.07. The van der Waals surface area contributed by atoms with Crippen LogP contribution in [0.25, 0.3) is 10.9 Å². The molecule has 2 N–H and O–H groups in total. The molecule has 0 spiro atoms. The molecular formula is C12H12N2O2. The van der Waals surface area contributed by atoms with Gasteiger partial charge in [-0.2, -0.15) is 0 Å². The summed E-state index contributed by atoms with van der Waals surface area (Å²) in [5.41, 5.74) is 7.58. The summed E-state index contributed by atoms with van der Waals surface area (Å²) in [6.07, 6.45) is 1.51. The maximum Gasteiger partial charge on any atom is 0.163 e. The van der Waals surface area contributed by atoms with Crippen molar-refractivity contribution in [2.45, 2.75) is 6.92 Å². The summed E-state index contributed by atoms with van der Waals surface area (Å²) in [7, 11) is 1.58. The highest BCUT2D eigenvalue weighted by molar-refractivity contribution is 6.06. The van der Waals surface area contributed by atoms with Crippen LogP contribution >= 0.6 is 0 Å². The number of Topliss-reactive ketones (excluding diaryl/α,β-unsaturated/α-hetero) is 1. The van der Waals surface area contributed by atoms with E-state index in [4.69, 9.17) is 10.5 Å². The molecule has 0 radical (unpaired) electrons. The number of rotatable bonds is 2. The van der Waals surface area contributed by atoms with E-state index in [0.717, 1.165) is 10.9 Å². The summed E-state index contributed by atoms with van der Waals surface area (Å²) >= 11 is 0. The van der Waals surface area contributed by atoms with Crippen molar-refractivity contribution in [3.8, 4) is 5.75 Å². The molecule has 4 nitrogen and oxygen atoms in total. The number of carbonyl (C=O) groups is 1. The third-order valence-corrected chi connectivity index (χ3v) is 2.50. The number of carbonyl (C=O) groups excluding carboxylic acids is 1. The highest BCUT2D eigenvalue weighted by atomic mass is 16.5. The molecule has 0 aliphatic rings. The molecule has 0 saturated carbocycles. The van der Waals surface area contributed by atoms with E-state index in [-0.39, 0.29) is 5.78 Å².